The zero-order valence-corrected chi connectivity index (χ0v) is 14.9. The number of amides is 1. The molecule has 0 saturated carbocycles. The van der Waals surface area contributed by atoms with Crippen molar-refractivity contribution in [2.45, 2.75) is 51.7 Å². The second kappa shape index (κ2) is 8.67. The summed E-state index contributed by atoms with van der Waals surface area (Å²) in [5.74, 6) is 0.437. The molecule has 0 radical (unpaired) electrons. The van der Waals surface area contributed by atoms with Crippen molar-refractivity contribution in [2.24, 2.45) is 11.7 Å². The maximum atomic E-state index is 12.1. The number of benzene rings is 1. The number of nitrogens with one attached hydrogen (secondary N) is 1. The molecule has 1 fully saturated rings. The van der Waals surface area contributed by atoms with Crippen LogP contribution >= 0.6 is 11.6 Å². The van der Waals surface area contributed by atoms with Gasteiger partial charge in [-0.25, -0.2) is 0 Å². The normalized spacial score (nSPS) is 18.1. The van der Waals surface area contributed by atoms with E-state index < -0.39 is 0 Å². The number of rotatable bonds is 6. The largest absolute Gasteiger partial charge is 0.352 e. The quantitative estimate of drug-likeness (QED) is 0.839. The van der Waals surface area contributed by atoms with E-state index in [2.05, 4.69) is 36.2 Å². The van der Waals surface area contributed by atoms with E-state index in [1.807, 2.05) is 12.1 Å². The van der Waals surface area contributed by atoms with Crippen molar-refractivity contribution in [1.82, 2.24) is 10.2 Å². The van der Waals surface area contributed by atoms with Gasteiger partial charge in [0.2, 0.25) is 5.91 Å². The first-order valence-corrected chi connectivity index (χ1v) is 8.84. The minimum Gasteiger partial charge on any atom is -0.352 e. The Morgan fingerprint density at radius 3 is 2.48 bits per heavy atom. The molecule has 1 heterocycles. The first-order valence-electron chi connectivity index (χ1n) is 8.47. The van der Waals surface area contributed by atoms with Crippen molar-refractivity contribution in [2.75, 3.05) is 13.1 Å². The topological polar surface area (TPSA) is 58.4 Å². The number of piperidine rings is 1. The van der Waals surface area contributed by atoms with Gasteiger partial charge in [0.25, 0.3) is 0 Å². The van der Waals surface area contributed by atoms with Crippen LogP contribution < -0.4 is 11.1 Å². The molecule has 0 spiro atoms. The average molecular weight is 338 g/mol. The number of carbonyl (C=O) groups is 1. The van der Waals surface area contributed by atoms with Crippen LogP contribution in [0.5, 0.6) is 0 Å². The van der Waals surface area contributed by atoms with Crippen LogP contribution in [0.2, 0.25) is 5.02 Å². The highest BCUT2D eigenvalue weighted by Gasteiger charge is 2.23. The Morgan fingerprint density at radius 1 is 1.30 bits per heavy atom. The van der Waals surface area contributed by atoms with Crippen LogP contribution in [0.4, 0.5) is 0 Å². The van der Waals surface area contributed by atoms with Crippen LogP contribution in [0.3, 0.4) is 0 Å². The van der Waals surface area contributed by atoms with Gasteiger partial charge in [-0.3, -0.25) is 9.69 Å². The van der Waals surface area contributed by atoms with Crippen molar-refractivity contribution in [1.29, 1.82) is 0 Å². The predicted molar refractivity (Wildman–Crippen MR) is 95.3 cm³/mol. The lowest BCUT2D eigenvalue weighted by Gasteiger charge is -2.33. The molecule has 1 amide bonds. The van der Waals surface area contributed by atoms with Crippen molar-refractivity contribution in [3.8, 4) is 0 Å². The van der Waals surface area contributed by atoms with E-state index in [1.54, 1.807) is 0 Å². The minimum atomic E-state index is -0.387. The van der Waals surface area contributed by atoms with Crippen molar-refractivity contribution < 1.29 is 4.79 Å². The molecular weight excluding hydrogens is 310 g/mol. The lowest BCUT2D eigenvalue weighted by atomic mass is 10.0. The van der Waals surface area contributed by atoms with E-state index in [0.717, 1.165) is 43.9 Å². The second-order valence-corrected chi connectivity index (χ2v) is 7.36. The minimum absolute atomic E-state index is 0.00477. The standard InChI is InChI=1S/C18H28ClN3O/c1-13(2)11-17(20)18(23)21-16-7-9-22(10-8-16)12-14-3-5-15(19)6-4-14/h3-6,13,16-17H,7-12,20H2,1-2H3,(H,21,23)/t17-/m0/s1. The zero-order valence-electron chi connectivity index (χ0n) is 14.1. The first-order chi connectivity index (χ1) is 10.9. The maximum absolute atomic E-state index is 12.1. The number of halogens is 1. The molecule has 1 aliphatic heterocycles. The van der Waals surface area contributed by atoms with E-state index in [0.29, 0.717) is 5.92 Å². The summed E-state index contributed by atoms with van der Waals surface area (Å²) in [5, 5.41) is 3.88. The van der Waals surface area contributed by atoms with Crippen LogP contribution in [0.25, 0.3) is 0 Å². The number of hydrogen-bond acceptors (Lipinski definition) is 3. The van der Waals surface area contributed by atoms with E-state index in [9.17, 15) is 4.79 Å². The van der Waals surface area contributed by atoms with E-state index in [1.165, 1.54) is 5.56 Å². The summed E-state index contributed by atoms with van der Waals surface area (Å²) >= 11 is 5.91. The van der Waals surface area contributed by atoms with Crippen LogP contribution in [0.1, 0.15) is 38.7 Å². The fourth-order valence-corrected chi connectivity index (χ4v) is 3.13. The molecule has 2 rings (SSSR count). The lowest BCUT2D eigenvalue weighted by Crippen LogP contribution is -2.49. The molecule has 0 aliphatic carbocycles. The average Bonchev–Trinajstić information content (AvgIpc) is 2.51. The smallest absolute Gasteiger partial charge is 0.237 e. The molecule has 1 aliphatic rings. The molecule has 1 aromatic carbocycles. The Kier molecular flexibility index (Phi) is 6.88. The number of nitrogens with two attached hydrogens (primary N) is 1. The summed E-state index contributed by atoms with van der Waals surface area (Å²) in [6.45, 7) is 7.09. The fraction of sp³-hybridized carbons (Fsp3) is 0.611. The van der Waals surface area contributed by atoms with Gasteiger partial charge < -0.3 is 11.1 Å². The highest BCUT2D eigenvalue weighted by atomic mass is 35.5. The van der Waals surface area contributed by atoms with Crippen LogP contribution in [0.15, 0.2) is 24.3 Å². The summed E-state index contributed by atoms with van der Waals surface area (Å²) in [6.07, 6.45) is 2.70. The van der Waals surface area contributed by atoms with Gasteiger partial charge in [-0.2, -0.15) is 0 Å². The molecular formula is C18H28ClN3O. The molecule has 0 aromatic heterocycles. The lowest BCUT2D eigenvalue weighted by molar-refractivity contribution is -0.123. The number of nitrogens with zero attached hydrogens (tertiary/aromatic N) is 1. The Labute approximate surface area is 144 Å². The zero-order chi connectivity index (χ0) is 16.8. The SMILES string of the molecule is CC(C)C[C@H](N)C(=O)NC1CCN(Cc2ccc(Cl)cc2)CC1. The maximum Gasteiger partial charge on any atom is 0.237 e. The molecule has 1 aromatic rings. The molecule has 1 saturated heterocycles. The van der Waals surface area contributed by atoms with Crippen LogP contribution in [0, 0.1) is 5.92 Å². The summed E-state index contributed by atoms with van der Waals surface area (Å²) in [4.78, 5) is 14.5. The van der Waals surface area contributed by atoms with Gasteiger partial charge in [-0.05, 0) is 42.9 Å². The van der Waals surface area contributed by atoms with Gasteiger partial charge in [0.05, 0.1) is 6.04 Å². The third kappa shape index (κ3) is 6.13. The molecule has 5 heteroatoms. The van der Waals surface area contributed by atoms with E-state index >= 15 is 0 Å². The van der Waals surface area contributed by atoms with Crippen molar-refractivity contribution in [3.63, 3.8) is 0 Å². The van der Waals surface area contributed by atoms with Gasteiger partial charge >= 0.3 is 0 Å². The van der Waals surface area contributed by atoms with E-state index in [-0.39, 0.29) is 18.0 Å². The third-order valence-electron chi connectivity index (χ3n) is 4.32. The van der Waals surface area contributed by atoms with Gasteiger partial charge in [0.1, 0.15) is 0 Å². The van der Waals surface area contributed by atoms with Gasteiger partial charge in [0, 0.05) is 30.7 Å². The molecule has 0 unspecified atom stereocenters. The van der Waals surface area contributed by atoms with Gasteiger partial charge in [0.15, 0.2) is 0 Å². The second-order valence-electron chi connectivity index (χ2n) is 6.92. The highest BCUT2D eigenvalue weighted by Crippen LogP contribution is 2.16. The molecule has 0 bridgehead atoms. The highest BCUT2D eigenvalue weighted by molar-refractivity contribution is 6.30. The number of hydrogen-bond donors (Lipinski definition) is 2. The molecule has 1 atom stereocenters. The summed E-state index contributed by atoms with van der Waals surface area (Å²) < 4.78 is 0. The van der Waals surface area contributed by atoms with Crippen LogP contribution in [-0.2, 0) is 11.3 Å². The number of likely N-dealkylation sites (tertiary alicyclic amines) is 1. The Balaban J connectivity index is 1.73. The Bertz CT molecular complexity index is 495. The monoisotopic (exact) mass is 337 g/mol. The Morgan fingerprint density at radius 2 is 1.91 bits per heavy atom. The van der Waals surface area contributed by atoms with Gasteiger partial charge in [-0.15, -0.1) is 0 Å². The molecule has 4 nitrogen and oxygen atoms in total. The molecule has 3 N–H and O–H groups in total. The Hall–Kier alpha value is -1.10. The van der Waals surface area contributed by atoms with Crippen molar-refractivity contribution in [3.05, 3.63) is 34.9 Å². The molecule has 23 heavy (non-hydrogen) atoms. The summed E-state index contributed by atoms with van der Waals surface area (Å²) in [7, 11) is 0. The fourth-order valence-electron chi connectivity index (χ4n) is 3.01. The van der Waals surface area contributed by atoms with E-state index in [4.69, 9.17) is 17.3 Å². The first kappa shape index (κ1) is 18.2. The number of carbonyl (C=O) groups excluding carboxylic acids is 1. The van der Waals surface area contributed by atoms with Crippen LogP contribution in [-0.4, -0.2) is 36.0 Å². The third-order valence-corrected chi connectivity index (χ3v) is 4.57. The van der Waals surface area contributed by atoms with Gasteiger partial charge in [-0.1, -0.05) is 37.6 Å². The summed E-state index contributed by atoms with van der Waals surface area (Å²) in [5.41, 5.74) is 7.22. The van der Waals surface area contributed by atoms with Crippen molar-refractivity contribution >= 4 is 17.5 Å². The predicted octanol–water partition coefficient (Wildman–Crippen LogP) is 2.79. The molecule has 128 valence electrons. The summed E-state index contributed by atoms with van der Waals surface area (Å²) in [6, 6.07) is 7.87.